The van der Waals surface area contributed by atoms with E-state index in [1.165, 1.54) is 35.6 Å². The second kappa shape index (κ2) is 4.58. The number of halogens is 1. The second-order valence-electron chi connectivity index (χ2n) is 3.30. The van der Waals surface area contributed by atoms with Crippen LogP contribution in [0.2, 0.25) is 5.02 Å². The van der Waals surface area contributed by atoms with Crippen LogP contribution < -0.4 is 0 Å². The third-order valence-corrected chi connectivity index (χ3v) is 3.32. The van der Waals surface area contributed by atoms with Crippen molar-refractivity contribution in [2.45, 2.75) is 0 Å². The van der Waals surface area contributed by atoms with E-state index < -0.39 is 0 Å². The number of aromatic hydroxyl groups is 1. The molecule has 0 spiro atoms. The predicted octanol–water partition coefficient (Wildman–Crippen LogP) is 3.21. The van der Waals surface area contributed by atoms with Gasteiger partial charge >= 0.3 is 0 Å². The van der Waals surface area contributed by atoms with E-state index in [9.17, 15) is 9.90 Å². The summed E-state index contributed by atoms with van der Waals surface area (Å²) in [5.74, 6) is -0.456. The number of carbonyl (C=O) groups excluding carboxylic acids is 1. The fraction of sp³-hybridized carbons (Fsp3) is 0. The predicted molar refractivity (Wildman–Crippen MR) is 65.6 cm³/mol. The molecule has 0 atom stereocenters. The minimum Gasteiger partial charge on any atom is -0.507 e. The van der Waals surface area contributed by atoms with Crippen molar-refractivity contribution in [2.75, 3.05) is 0 Å². The molecular formula is C12H6ClNO2S. The number of carbonyl (C=O) groups is 1. The summed E-state index contributed by atoms with van der Waals surface area (Å²) in [5.41, 5.74) is 0.573. The number of nitriles is 1. The third-order valence-electron chi connectivity index (χ3n) is 2.16. The molecule has 1 N–H and O–H groups in total. The Morgan fingerprint density at radius 1 is 1.41 bits per heavy atom. The summed E-state index contributed by atoms with van der Waals surface area (Å²) < 4.78 is 0. The van der Waals surface area contributed by atoms with Gasteiger partial charge in [-0.1, -0.05) is 11.6 Å². The molecule has 0 saturated heterocycles. The zero-order chi connectivity index (χ0) is 12.4. The summed E-state index contributed by atoms with van der Waals surface area (Å²) in [5, 5.41) is 20.2. The molecule has 1 heterocycles. The lowest BCUT2D eigenvalue weighted by atomic mass is 10.1. The molecule has 0 radical (unpaired) electrons. The Kier molecular flexibility index (Phi) is 3.14. The van der Waals surface area contributed by atoms with Gasteiger partial charge in [0.15, 0.2) is 0 Å². The van der Waals surface area contributed by atoms with E-state index in [0.717, 1.165) is 0 Å². The minimum atomic E-state index is -0.337. The Labute approximate surface area is 107 Å². The highest BCUT2D eigenvalue weighted by Crippen LogP contribution is 2.26. The highest BCUT2D eigenvalue weighted by Gasteiger charge is 2.16. The lowest BCUT2D eigenvalue weighted by Crippen LogP contribution is -1.98. The van der Waals surface area contributed by atoms with E-state index in [4.69, 9.17) is 16.9 Å². The average Bonchev–Trinajstić information content (AvgIpc) is 2.80. The van der Waals surface area contributed by atoms with Crippen molar-refractivity contribution in [1.82, 2.24) is 0 Å². The van der Waals surface area contributed by atoms with Crippen molar-refractivity contribution < 1.29 is 9.90 Å². The zero-order valence-electron chi connectivity index (χ0n) is 8.48. The summed E-state index contributed by atoms with van der Waals surface area (Å²) in [7, 11) is 0. The van der Waals surface area contributed by atoms with Gasteiger partial charge in [-0.3, -0.25) is 4.79 Å². The number of rotatable bonds is 2. The molecule has 0 aliphatic rings. The SMILES string of the molecule is N#Cc1csc(C(=O)c2cc(Cl)ccc2O)c1. The van der Waals surface area contributed by atoms with Gasteiger partial charge in [-0.15, -0.1) is 11.3 Å². The first-order valence-electron chi connectivity index (χ1n) is 4.63. The normalized spacial score (nSPS) is 9.88. The monoisotopic (exact) mass is 263 g/mol. The molecule has 1 aromatic heterocycles. The van der Waals surface area contributed by atoms with Gasteiger partial charge < -0.3 is 5.11 Å². The molecule has 0 saturated carbocycles. The lowest BCUT2D eigenvalue weighted by Gasteiger charge is -2.02. The fourth-order valence-corrected chi connectivity index (χ4v) is 2.30. The highest BCUT2D eigenvalue weighted by molar-refractivity contribution is 7.12. The topological polar surface area (TPSA) is 61.1 Å². The van der Waals surface area contributed by atoms with E-state index >= 15 is 0 Å². The molecule has 2 rings (SSSR count). The molecule has 0 bridgehead atoms. The van der Waals surface area contributed by atoms with Crippen molar-refractivity contribution in [3.8, 4) is 11.8 Å². The molecule has 3 nitrogen and oxygen atoms in total. The molecule has 0 aliphatic carbocycles. The van der Waals surface area contributed by atoms with Crippen LogP contribution in [-0.4, -0.2) is 10.9 Å². The Bertz CT molecular complexity index is 628. The van der Waals surface area contributed by atoms with Crippen molar-refractivity contribution in [3.63, 3.8) is 0 Å². The highest BCUT2D eigenvalue weighted by atomic mass is 35.5. The molecule has 0 aliphatic heterocycles. The first-order chi connectivity index (χ1) is 8.11. The number of hydrogen-bond acceptors (Lipinski definition) is 4. The Hall–Kier alpha value is -1.83. The van der Waals surface area contributed by atoms with Crippen LogP contribution in [0, 0.1) is 11.3 Å². The zero-order valence-corrected chi connectivity index (χ0v) is 10.0. The maximum atomic E-state index is 12.0. The van der Waals surface area contributed by atoms with E-state index in [-0.39, 0.29) is 17.1 Å². The molecule has 5 heteroatoms. The Balaban J connectivity index is 2.44. The Morgan fingerprint density at radius 3 is 2.82 bits per heavy atom. The molecule has 17 heavy (non-hydrogen) atoms. The molecule has 1 aromatic carbocycles. The number of ketones is 1. The average molecular weight is 264 g/mol. The number of thiophene rings is 1. The van der Waals surface area contributed by atoms with E-state index in [1.807, 2.05) is 6.07 Å². The molecule has 2 aromatic rings. The van der Waals surface area contributed by atoms with Crippen molar-refractivity contribution >= 4 is 28.7 Å². The lowest BCUT2D eigenvalue weighted by molar-refractivity contribution is 0.104. The quantitative estimate of drug-likeness (QED) is 0.847. The number of nitrogens with zero attached hydrogens (tertiary/aromatic N) is 1. The van der Waals surface area contributed by atoms with Crippen molar-refractivity contribution in [2.24, 2.45) is 0 Å². The van der Waals surface area contributed by atoms with Crippen LogP contribution in [0.1, 0.15) is 20.8 Å². The number of hydrogen-bond donors (Lipinski definition) is 1. The van der Waals surface area contributed by atoms with Crippen LogP contribution in [0.25, 0.3) is 0 Å². The van der Waals surface area contributed by atoms with Crippen LogP contribution in [-0.2, 0) is 0 Å². The van der Waals surface area contributed by atoms with Gasteiger partial charge in [0.05, 0.1) is 16.0 Å². The summed E-state index contributed by atoms with van der Waals surface area (Å²) >= 11 is 6.93. The van der Waals surface area contributed by atoms with Gasteiger partial charge in [-0.25, -0.2) is 0 Å². The number of phenolic OH excluding ortho intramolecular Hbond substituents is 1. The Morgan fingerprint density at radius 2 is 2.18 bits per heavy atom. The van der Waals surface area contributed by atoms with Crippen LogP contribution in [0.4, 0.5) is 0 Å². The standard InChI is InChI=1S/C12H6ClNO2S/c13-8-1-2-10(15)9(4-8)12(16)11-3-7(5-14)6-17-11/h1-4,6,15H. The van der Waals surface area contributed by atoms with Gasteiger partial charge in [-0.05, 0) is 24.3 Å². The smallest absolute Gasteiger partial charge is 0.206 e. The van der Waals surface area contributed by atoms with Crippen LogP contribution in [0.5, 0.6) is 5.75 Å². The van der Waals surface area contributed by atoms with Crippen LogP contribution >= 0.6 is 22.9 Å². The fourth-order valence-electron chi connectivity index (χ4n) is 1.34. The summed E-state index contributed by atoms with van der Waals surface area (Å²) in [4.78, 5) is 12.4. The second-order valence-corrected chi connectivity index (χ2v) is 4.65. The van der Waals surface area contributed by atoms with E-state index in [1.54, 1.807) is 5.38 Å². The van der Waals surface area contributed by atoms with Gasteiger partial charge in [0.1, 0.15) is 11.8 Å². The molecule has 0 unspecified atom stereocenters. The molecule has 0 amide bonds. The van der Waals surface area contributed by atoms with Gasteiger partial charge in [0.2, 0.25) is 5.78 Å². The maximum Gasteiger partial charge on any atom is 0.206 e. The summed E-state index contributed by atoms with van der Waals surface area (Å²) in [6, 6.07) is 7.72. The van der Waals surface area contributed by atoms with Gasteiger partial charge in [0.25, 0.3) is 0 Å². The van der Waals surface area contributed by atoms with Crippen molar-refractivity contribution in [1.29, 1.82) is 5.26 Å². The van der Waals surface area contributed by atoms with E-state index in [2.05, 4.69) is 0 Å². The molecular weight excluding hydrogens is 258 g/mol. The largest absolute Gasteiger partial charge is 0.507 e. The van der Waals surface area contributed by atoms with Gasteiger partial charge in [0, 0.05) is 10.4 Å². The first kappa shape index (κ1) is 11.6. The summed E-state index contributed by atoms with van der Waals surface area (Å²) in [6.07, 6.45) is 0. The van der Waals surface area contributed by atoms with E-state index in [0.29, 0.717) is 15.5 Å². The number of phenols is 1. The van der Waals surface area contributed by atoms with Crippen molar-refractivity contribution in [3.05, 3.63) is 50.7 Å². The summed E-state index contributed by atoms with van der Waals surface area (Å²) in [6.45, 7) is 0. The minimum absolute atomic E-state index is 0.119. The van der Waals surface area contributed by atoms with Crippen LogP contribution in [0.3, 0.4) is 0 Å². The maximum absolute atomic E-state index is 12.0. The first-order valence-corrected chi connectivity index (χ1v) is 5.89. The van der Waals surface area contributed by atoms with Gasteiger partial charge in [-0.2, -0.15) is 5.26 Å². The molecule has 84 valence electrons. The number of benzene rings is 1. The van der Waals surface area contributed by atoms with Crippen LogP contribution in [0.15, 0.2) is 29.6 Å². The third kappa shape index (κ3) is 2.31. The molecule has 0 fully saturated rings.